The van der Waals surface area contributed by atoms with E-state index in [1.165, 1.54) is 10.8 Å². The molecule has 1 heterocycles. The lowest BCUT2D eigenvalue weighted by molar-refractivity contribution is -0.130. The third kappa shape index (κ3) is 4.66. The summed E-state index contributed by atoms with van der Waals surface area (Å²) in [6.45, 7) is 5.53. The number of hydrogen-bond acceptors (Lipinski definition) is 6. The summed E-state index contributed by atoms with van der Waals surface area (Å²) in [6.07, 6.45) is 1.46. The minimum Gasteiger partial charge on any atom is -0.477 e. The molecule has 0 fully saturated rings. The van der Waals surface area contributed by atoms with E-state index in [0.29, 0.717) is 11.4 Å². The number of nitrogens with zero attached hydrogens (tertiary/aromatic N) is 2. The topological polar surface area (TPSA) is 124 Å². The first-order valence-electron chi connectivity index (χ1n) is 8.53. The Balaban J connectivity index is 2.42. The smallest absolute Gasteiger partial charge is 0.349 e. The average molecular weight is 400 g/mol. The van der Waals surface area contributed by atoms with Crippen LogP contribution in [0, 0.1) is 17.2 Å². The zero-order valence-corrected chi connectivity index (χ0v) is 16.5. The highest BCUT2D eigenvalue weighted by Gasteiger charge is 2.13. The van der Waals surface area contributed by atoms with Crippen LogP contribution in [-0.4, -0.2) is 21.6 Å². The van der Waals surface area contributed by atoms with Crippen LogP contribution < -0.4 is 25.4 Å². The summed E-state index contributed by atoms with van der Waals surface area (Å²) in [6, 6.07) is 8.62. The Kier molecular flexibility index (Phi) is 6.74. The molecular weight excluding hydrogens is 380 g/mol. The second-order valence-electron chi connectivity index (χ2n) is 6.13. The number of carboxylic acids is 1. The van der Waals surface area contributed by atoms with Crippen molar-refractivity contribution in [3.63, 3.8) is 0 Å². The lowest BCUT2D eigenvalue weighted by Crippen LogP contribution is -2.32. The van der Waals surface area contributed by atoms with Gasteiger partial charge in [-0.15, -0.1) is 11.3 Å². The number of hydrogen-bond donors (Lipinski definition) is 3. The van der Waals surface area contributed by atoms with Crippen molar-refractivity contribution in [3.05, 3.63) is 43.8 Å². The van der Waals surface area contributed by atoms with Gasteiger partial charge in [-0.2, -0.15) is 5.26 Å². The van der Waals surface area contributed by atoms with Gasteiger partial charge in [0.25, 0.3) is 5.56 Å². The van der Waals surface area contributed by atoms with Gasteiger partial charge >= 0.3 is 5.97 Å². The molecule has 0 saturated heterocycles. The number of nitrogens with one attached hydrogen (secondary N) is 2. The molecule has 0 aliphatic carbocycles. The van der Waals surface area contributed by atoms with E-state index in [-0.39, 0.29) is 33.1 Å². The Morgan fingerprint density at radius 3 is 2.61 bits per heavy atom. The molecular formula is C19H20N4O4S. The minimum atomic E-state index is -1.38. The van der Waals surface area contributed by atoms with Crippen molar-refractivity contribution in [1.82, 2.24) is 4.57 Å². The number of carbonyl (C=O) groups excluding carboxylic acids is 1. The number of nitriles is 1. The number of aromatic nitrogens is 1. The SMILES string of the molecule is CCn1c(=C(C#N)C(=O)O)sc(=CNc2cccc(NC(=O)C(C)C)c2)c1=O. The van der Waals surface area contributed by atoms with Gasteiger partial charge in [-0.3, -0.25) is 14.2 Å². The molecule has 146 valence electrons. The fourth-order valence-corrected chi connectivity index (χ4v) is 3.38. The first kappa shape index (κ1) is 20.9. The van der Waals surface area contributed by atoms with Crippen molar-refractivity contribution < 1.29 is 14.7 Å². The van der Waals surface area contributed by atoms with Gasteiger partial charge in [0.05, 0.1) is 0 Å². The van der Waals surface area contributed by atoms with Crippen LogP contribution in [0.2, 0.25) is 0 Å². The van der Waals surface area contributed by atoms with Crippen LogP contribution in [0.1, 0.15) is 20.8 Å². The van der Waals surface area contributed by atoms with Crippen LogP contribution >= 0.6 is 11.3 Å². The Morgan fingerprint density at radius 2 is 2.04 bits per heavy atom. The molecule has 0 saturated carbocycles. The number of amides is 1. The molecule has 1 amide bonds. The fourth-order valence-electron chi connectivity index (χ4n) is 2.30. The van der Waals surface area contributed by atoms with Crippen molar-refractivity contribution in [2.75, 3.05) is 10.6 Å². The van der Waals surface area contributed by atoms with Gasteiger partial charge < -0.3 is 15.7 Å². The first-order chi connectivity index (χ1) is 13.3. The number of aliphatic carboxylic acids is 1. The molecule has 8 nitrogen and oxygen atoms in total. The monoisotopic (exact) mass is 400 g/mol. The Labute approximate surface area is 165 Å². The molecule has 0 radical (unpaired) electrons. The van der Waals surface area contributed by atoms with Crippen LogP contribution in [0.3, 0.4) is 0 Å². The molecule has 28 heavy (non-hydrogen) atoms. The third-order valence-electron chi connectivity index (χ3n) is 3.79. The van der Waals surface area contributed by atoms with Gasteiger partial charge in [0.15, 0.2) is 5.57 Å². The van der Waals surface area contributed by atoms with Gasteiger partial charge in [-0.25, -0.2) is 4.79 Å². The molecule has 1 aromatic carbocycles. The molecule has 0 bridgehead atoms. The van der Waals surface area contributed by atoms with Gasteiger partial charge in [-0.1, -0.05) is 19.9 Å². The standard InChI is InChI=1S/C19H20N4O4S/c1-4-23-17(25)15(28-18(23)14(9-20)19(26)27)10-21-12-6-5-7-13(8-12)22-16(24)11(2)3/h5-8,10-11,21H,4H2,1-3H3,(H,22,24)(H,26,27). The van der Waals surface area contributed by atoms with Crippen molar-refractivity contribution in [2.24, 2.45) is 5.92 Å². The molecule has 1 aromatic heterocycles. The summed E-state index contributed by atoms with van der Waals surface area (Å²) in [5, 5.41) is 24.0. The summed E-state index contributed by atoms with van der Waals surface area (Å²) < 4.78 is 1.63. The molecule has 0 aliphatic rings. The number of carbonyl (C=O) groups is 2. The molecule has 2 rings (SSSR count). The molecule has 0 unspecified atom stereocenters. The summed E-state index contributed by atoms with van der Waals surface area (Å²) in [5.41, 5.74) is 0.401. The van der Waals surface area contributed by atoms with E-state index in [9.17, 15) is 14.4 Å². The minimum absolute atomic E-state index is 0.105. The maximum atomic E-state index is 12.5. The van der Waals surface area contributed by atoms with Crippen molar-refractivity contribution >= 4 is 46.4 Å². The molecule has 0 spiro atoms. The zero-order valence-electron chi connectivity index (χ0n) is 15.6. The number of carboxylic acid groups (broad SMARTS) is 1. The summed E-state index contributed by atoms with van der Waals surface area (Å²) in [7, 11) is 0. The fraction of sp³-hybridized carbons (Fsp3) is 0.263. The second-order valence-corrected chi connectivity index (χ2v) is 7.16. The van der Waals surface area contributed by atoms with Gasteiger partial charge in [-0.05, 0) is 25.1 Å². The number of anilines is 2. The highest BCUT2D eigenvalue weighted by Crippen LogP contribution is 2.15. The Hall–Kier alpha value is -3.38. The summed E-state index contributed by atoms with van der Waals surface area (Å²) in [5.74, 6) is -1.64. The maximum absolute atomic E-state index is 12.5. The average Bonchev–Trinajstić information content (AvgIpc) is 2.96. The zero-order chi connectivity index (χ0) is 20.8. The molecule has 9 heteroatoms. The van der Waals surface area contributed by atoms with E-state index in [4.69, 9.17) is 10.4 Å². The quantitative estimate of drug-likeness (QED) is 0.668. The molecule has 3 N–H and O–H groups in total. The highest BCUT2D eigenvalue weighted by atomic mass is 32.1. The van der Waals surface area contributed by atoms with E-state index in [1.54, 1.807) is 51.1 Å². The normalized spacial score (nSPS) is 12.5. The third-order valence-corrected chi connectivity index (χ3v) is 4.92. The predicted molar refractivity (Wildman–Crippen MR) is 108 cm³/mol. The molecule has 2 aromatic rings. The Bertz CT molecular complexity index is 1120. The van der Waals surface area contributed by atoms with E-state index in [1.807, 2.05) is 0 Å². The van der Waals surface area contributed by atoms with E-state index < -0.39 is 11.5 Å². The van der Waals surface area contributed by atoms with Gasteiger partial charge in [0, 0.05) is 30.0 Å². The molecule has 0 atom stereocenters. The van der Waals surface area contributed by atoms with Crippen molar-refractivity contribution in [1.29, 1.82) is 5.26 Å². The highest BCUT2D eigenvalue weighted by molar-refractivity contribution is 7.07. The summed E-state index contributed by atoms with van der Waals surface area (Å²) >= 11 is 0.932. The largest absolute Gasteiger partial charge is 0.477 e. The van der Waals surface area contributed by atoms with Crippen LogP contribution in [0.5, 0.6) is 0 Å². The van der Waals surface area contributed by atoms with Crippen LogP contribution in [0.4, 0.5) is 11.4 Å². The van der Waals surface area contributed by atoms with Gasteiger partial charge in [0.1, 0.15) is 15.3 Å². The predicted octanol–water partition coefficient (Wildman–Crippen LogP) is 1.13. The lowest BCUT2D eigenvalue weighted by atomic mass is 10.2. The van der Waals surface area contributed by atoms with Gasteiger partial charge in [0.2, 0.25) is 5.91 Å². The maximum Gasteiger partial charge on any atom is 0.349 e. The van der Waals surface area contributed by atoms with E-state index >= 15 is 0 Å². The number of benzene rings is 1. The summed E-state index contributed by atoms with van der Waals surface area (Å²) in [4.78, 5) is 35.6. The van der Waals surface area contributed by atoms with Crippen molar-refractivity contribution in [2.45, 2.75) is 27.3 Å². The molecule has 0 aliphatic heterocycles. The van der Waals surface area contributed by atoms with E-state index in [0.717, 1.165) is 11.3 Å². The lowest BCUT2D eigenvalue weighted by Gasteiger charge is -2.09. The number of rotatable bonds is 6. The van der Waals surface area contributed by atoms with Crippen LogP contribution in [0.25, 0.3) is 11.8 Å². The van der Waals surface area contributed by atoms with Crippen molar-refractivity contribution in [3.8, 4) is 6.07 Å². The number of thiazole rings is 1. The first-order valence-corrected chi connectivity index (χ1v) is 9.35. The second kappa shape index (κ2) is 9.01. The Morgan fingerprint density at radius 1 is 1.36 bits per heavy atom. The van der Waals surface area contributed by atoms with Crippen LogP contribution in [-0.2, 0) is 16.1 Å². The van der Waals surface area contributed by atoms with Crippen LogP contribution in [0.15, 0.2) is 29.1 Å². The van der Waals surface area contributed by atoms with E-state index in [2.05, 4.69) is 10.6 Å².